The van der Waals surface area contributed by atoms with Crippen LogP contribution < -0.4 is 10.1 Å². The molecular weight excluding hydrogens is 301 g/mol. The Bertz CT molecular complexity index is 519. The van der Waals surface area contributed by atoms with Crippen molar-refractivity contribution in [2.24, 2.45) is 0 Å². The lowest BCUT2D eigenvalue weighted by Crippen LogP contribution is -2.41. The van der Waals surface area contributed by atoms with Crippen LogP contribution in [0.4, 0.5) is 13.2 Å². The summed E-state index contributed by atoms with van der Waals surface area (Å²) in [6.45, 7) is 0.646. The van der Waals surface area contributed by atoms with Crippen LogP contribution in [-0.4, -0.2) is 48.0 Å². The molecule has 1 aliphatic heterocycles. The smallest absolute Gasteiger partial charge is 0.406 e. The number of hydrogen-bond acceptors (Lipinski definition) is 4. The van der Waals surface area contributed by atoms with Crippen molar-refractivity contribution in [3.63, 3.8) is 0 Å². The molecule has 1 aromatic carbocycles. The molecule has 5 nitrogen and oxygen atoms in total. The van der Waals surface area contributed by atoms with Crippen LogP contribution in [0.3, 0.4) is 0 Å². The Morgan fingerprint density at radius 1 is 1.41 bits per heavy atom. The number of benzene rings is 1. The van der Waals surface area contributed by atoms with Crippen molar-refractivity contribution in [3.8, 4) is 5.75 Å². The molecule has 0 bridgehead atoms. The van der Waals surface area contributed by atoms with Crippen molar-refractivity contribution in [3.05, 3.63) is 29.8 Å². The SMILES string of the molecule is CN(Cc1ccc(OC(F)(F)F)cc1)C(=O)[C@@H]1C[C@@H](O)CN1. The third-order valence-electron chi connectivity index (χ3n) is 3.36. The van der Waals surface area contributed by atoms with Gasteiger partial charge in [-0.05, 0) is 24.1 Å². The van der Waals surface area contributed by atoms with E-state index in [1.165, 1.54) is 29.2 Å². The van der Waals surface area contributed by atoms with Crippen LogP contribution in [0.2, 0.25) is 0 Å². The van der Waals surface area contributed by atoms with E-state index in [9.17, 15) is 23.1 Å². The van der Waals surface area contributed by atoms with Crippen LogP contribution in [0.1, 0.15) is 12.0 Å². The standard InChI is InChI=1S/C14H17F3N2O3/c1-19(13(21)12-6-10(20)7-18-12)8-9-2-4-11(5-3-9)22-14(15,16)17/h2-5,10,12,18,20H,6-8H2,1H3/t10-,12+/m1/s1. The number of ether oxygens (including phenoxy) is 1. The highest BCUT2D eigenvalue weighted by Gasteiger charge is 2.31. The van der Waals surface area contributed by atoms with E-state index in [-0.39, 0.29) is 18.2 Å². The molecule has 0 radical (unpaired) electrons. The molecule has 122 valence electrons. The van der Waals surface area contributed by atoms with Gasteiger partial charge in [-0.2, -0.15) is 0 Å². The molecule has 1 heterocycles. The molecule has 22 heavy (non-hydrogen) atoms. The number of amides is 1. The maximum absolute atomic E-state index is 12.1. The van der Waals surface area contributed by atoms with Gasteiger partial charge in [-0.25, -0.2) is 0 Å². The molecule has 0 spiro atoms. The summed E-state index contributed by atoms with van der Waals surface area (Å²) in [4.78, 5) is 13.6. The summed E-state index contributed by atoms with van der Waals surface area (Å²) >= 11 is 0. The van der Waals surface area contributed by atoms with E-state index in [4.69, 9.17) is 0 Å². The Balaban J connectivity index is 1.91. The quantitative estimate of drug-likeness (QED) is 0.878. The first kappa shape index (κ1) is 16.6. The number of aliphatic hydroxyl groups excluding tert-OH is 1. The van der Waals surface area contributed by atoms with E-state index >= 15 is 0 Å². The minimum atomic E-state index is -4.72. The van der Waals surface area contributed by atoms with E-state index in [0.717, 1.165) is 0 Å². The second-order valence-electron chi connectivity index (χ2n) is 5.24. The Labute approximate surface area is 125 Å². The summed E-state index contributed by atoms with van der Waals surface area (Å²) < 4.78 is 40.0. The van der Waals surface area contributed by atoms with Gasteiger partial charge in [-0.1, -0.05) is 12.1 Å². The van der Waals surface area contributed by atoms with Gasteiger partial charge in [0.1, 0.15) is 5.75 Å². The number of aliphatic hydroxyl groups is 1. The van der Waals surface area contributed by atoms with Crippen molar-refractivity contribution < 1.29 is 27.8 Å². The summed E-state index contributed by atoms with van der Waals surface area (Å²) in [6, 6.07) is 4.94. The maximum Gasteiger partial charge on any atom is 0.573 e. The lowest BCUT2D eigenvalue weighted by atomic mass is 10.1. The van der Waals surface area contributed by atoms with Gasteiger partial charge in [0, 0.05) is 20.1 Å². The van der Waals surface area contributed by atoms with E-state index in [1.807, 2.05) is 0 Å². The zero-order chi connectivity index (χ0) is 16.3. The fourth-order valence-electron chi connectivity index (χ4n) is 2.32. The second-order valence-corrected chi connectivity index (χ2v) is 5.24. The third kappa shape index (κ3) is 4.60. The summed E-state index contributed by atoms with van der Waals surface area (Å²) in [5.41, 5.74) is 0.684. The number of nitrogens with one attached hydrogen (secondary N) is 1. The highest BCUT2D eigenvalue weighted by atomic mass is 19.4. The van der Waals surface area contributed by atoms with E-state index < -0.39 is 18.5 Å². The number of carbonyl (C=O) groups excluding carboxylic acids is 1. The monoisotopic (exact) mass is 318 g/mol. The minimum Gasteiger partial charge on any atom is -0.406 e. The number of halogens is 3. The molecule has 0 aliphatic carbocycles. The fourth-order valence-corrected chi connectivity index (χ4v) is 2.32. The third-order valence-corrected chi connectivity index (χ3v) is 3.36. The van der Waals surface area contributed by atoms with E-state index in [1.54, 1.807) is 7.05 Å². The Morgan fingerprint density at radius 2 is 2.05 bits per heavy atom. The first-order valence-electron chi connectivity index (χ1n) is 6.76. The number of β-amino-alcohol motifs (C(OH)–C–C–N with tert-alkyl or cyclic N) is 1. The summed E-state index contributed by atoms with van der Waals surface area (Å²) in [5, 5.41) is 12.3. The molecule has 0 unspecified atom stereocenters. The summed E-state index contributed by atoms with van der Waals surface area (Å²) in [7, 11) is 1.61. The number of rotatable bonds is 4. The maximum atomic E-state index is 12.1. The number of alkyl halides is 3. The second kappa shape index (κ2) is 6.53. The minimum absolute atomic E-state index is 0.160. The average Bonchev–Trinajstić information content (AvgIpc) is 2.85. The van der Waals surface area contributed by atoms with Gasteiger partial charge in [0.25, 0.3) is 0 Å². The van der Waals surface area contributed by atoms with E-state index in [0.29, 0.717) is 18.5 Å². The molecule has 2 rings (SSSR count). The van der Waals surface area contributed by atoms with Crippen LogP contribution in [0.25, 0.3) is 0 Å². The van der Waals surface area contributed by atoms with Gasteiger partial charge >= 0.3 is 6.36 Å². The number of hydrogen-bond donors (Lipinski definition) is 2. The van der Waals surface area contributed by atoms with Gasteiger partial charge < -0.3 is 20.1 Å². The Hall–Kier alpha value is -1.80. The van der Waals surface area contributed by atoms with Gasteiger partial charge in [-0.3, -0.25) is 4.79 Å². The molecule has 1 aromatic rings. The van der Waals surface area contributed by atoms with Crippen LogP contribution in [0.5, 0.6) is 5.75 Å². The summed E-state index contributed by atoms with van der Waals surface area (Å²) in [5.74, 6) is -0.460. The van der Waals surface area contributed by atoms with E-state index in [2.05, 4.69) is 10.1 Å². The zero-order valence-electron chi connectivity index (χ0n) is 11.9. The van der Waals surface area contributed by atoms with Crippen molar-refractivity contribution in [1.29, 1.82) is 0 Å². The largest absolute Gasteiger partial charge is 0.573 e. The lowest BCUT2D eigenvalue weighted by Gasteiger charge is -2.21. The van der Waals surface area contributed by atoms with Gasteiger partial charge in [0.05, 0.1) is 12.1 Å². The van der Waals surface area contributed by atoms with Crippen LogP contribution >= 0.6 is 0 Å². The Kier molecular flexibility index (Phi) is 4.92. The van der Waals surface area contributed by atoms with Crippen molar-refractivity contribution >= 4 is 5.91 Å². The molecular formula is C14H17F3N2O3. The molecule has 2 N–H and O–H groups in total. The number of likely N-dealkylation sites (N-methyl/N-ethyl adjacent to an activating group) is 1. The predicted octanol–water partition coefficient (Wildman–Crippen LogP) is 1.27. The molecule has 8 heteroatoms. The fraction of sp³-hybridized carbons (Fsp3) is 0.500. The molecule has 1 saturated heterocycles. The highest BCUT2D eigenvalue weighted by molar-refractivity contribution is 5.82. The topological polar surface area (TPSA) is 61.8 Å². The average molecular weight is 318 g/mol. The van der Waals surface area contributed by atoms with Crippen molar-refractivity contribution in [2.45, 2.75) is 31.5 Å². The molecule has 1 aliphatic rings. The van der Waals surface area contributed by atoms with Gasteiger partial charge in [0.15, 0.2) is 0 Å². The first-order valence-corrected chi connectivity index (χ1v) is 6.76. The van der Waals surface area contributed by atoms with Gasteiger partial charge in [-0.15, -0.1) is 13.2 Å². The molecule has 0 saturated carbocycles. The number of nitrogens with zero attached hydrogens (tertiary/aromatic N) is 1. The Morgan fingerprint density at radius 3 is 2.55 bits per heavy atom. The first-order chi connectivity index (χ1) is 10.2. The predicted molar refractivity (Wildman–Crippen MR) is 72.0 cm³/mol. The van der Waals surface area contributed by atoms with Crippen LogP contribution in [0.15, 0.2) is 24.3 Å². The summed E-state index contributed by atoms with van der Waals surface area (Å²) in [6.07, 6.45) is -4.88. The lowest BCUT2D eigenvalue weighted by molar-refractivity contribution is -0.274. The molecule has 1 amide bonds. The van der Waals surface area contributed by atoms with Crippen molar-refractivity contribution in [1.82, 2.24) is 10.2 Å². The van der Waals surface area contributed by atoms with Crippen LogP contribution in [-0.2, 0) is 11.3 Å². The normalized spacial score (nSPS) is 21.7. The van der Waals surface area contributed by atoms with Crippen LogP contribution in [0, 0.1) is 0 Å². The van der Waals surface area contributed by atoms with Gasteiger partial charge in [0.2, 0.25) is 5.91 Å². The van der Waals surface area contributed by atoms with Crippen molar-refractivity contribution in [2.75, 3.05) is 13.6 Å². The molecule has 1 fully saturated rings. The molecule has 2 atom stereocenters. The number of carbonyl (C=O) groups is 1. The zero-order valence-corrected chi connectivity index (χ0v) is 11.9. The molecule has 0 aromatic heterocycles. The highest BCUT2D eigenvalue weighted by Crippen LogP contribution is 2.23.